The van der Waals surface area contributed by atoms with E-state index in [9.17, 15) is 14.9 Å². The third kappa shape index (κ3) is 4.17. The summed E-state index contributed by atoms with van der Waals surface area (Å²) in [6.07, 6.45) is 4.93. The minimum Gasteiger partial charge on any atom is -0.462 e. The highest BCUT2D eigenvalue weighted by Crippen LogP contribution is 2.21. The number of benzene rings is 1. The molecule has 0 aliphatic rings. The molecule has 0 unspecified atom stereocenters. The number of aryl methyl sites for hydroxylation is 1. The molecule has 0 saturated carbocycles. The number of H-pyrrole nitrogens is 1. The van der Waals surface area contributed by atoms with Crippen LogP contribution in [-0.4, -0.2) is 23.3 Å². The molecule has 132 valence electrons. The van der Waals surface area contributed by atoms with E-state index >= 15 is 0 Å². The van der Waals surface area contributed by atoms with E-state index in [-0.39, 0.29) is 17.9 Å². The van der Waals surface area contributed by atoms with Gasteiger partial charge >= 0.3 is 5.97 Å². The molecule has 2 rings (SSSR count). The second kappa shape index (κ2) is 8.63. The van der Waals surface area contributed by atoms with Crippen LogP contribution in [0.5, 0.6) is 0 Å². The summed E-state index contributed by atoms with van der Waals surface area (Å²) in [4.78, 5) is 27.6. The zero-order valence-electron chi connectivity index (χ0n) is 15.0. The summed E-state index contributed by atoms with van der Waals surface area (Å²) in [5, 5.41) is 9.34. The number of ketones is 1. The molecule has 0 aliphatic carbocycles. The van der Waals surface area contributed by atoms with Crippen LogP contribution in [0.2, 0.25) is 0 Å². The molecule has 0 fully saturated rings. The first-order chi connectivity index (χ1) is 12.5. The van der Waals surface area contributed by atoms with Gasteiger partial charge < -0.3 is 9.72 Å². The average Bonchev–Trinajstić information content (AvgIpc) is 2.93. The number of carbonyl (C=O) groups is 2. The van der Waals surface area contributed by atoms with Crippen molar-refractivity contribution in [3.63, 3.8) is 0 Å². The van der Waals surface area contributed by atoms with Gasteiger partial charge in [0.25, 0.3) is 0 Å². The molecule has 0 aliphatic heterocycles. The Kier molecular flexibility index (Phi) is 6.29. The fraction of sp³-hybridized carbons (Fsp3) is 0.190. The van der Waals surface area contributed by atoms with E-state index in [0.717, 1.165) is 5.56 Å². The smallest absolute Gasteiger partial charge is 0.340 e. The predicted octanol–water partition coefficient (Wildman–Crippen LogP) is 4.15. The Hall–Kier alpha value is -3.39. The van der Waals surface area contributed by atoms with Crippen LogP contribution in [-0.2, 0) is 4.74 Å². The van der Waals surface area contributed by atoms with Crippen molar-refractivity contribution in [3.05, 3.63) is 76.1 Å². The molecular formula is C21H20N2O3. The molecule has 0 spiro atoms. The lowest BCUT2D eigenvalue weighted by Crippen LogP contribution is -2.08. The highest BCUT2D eigenvalue weighted by Gasteiger charge is 2.24. The van der Waals surface area contributed by atoms with Gasteiger partial charge in [-0.15, -0.1) is 0 Å². The van der Waals surface area contributed by atoms with Gasteiger partial charge in [0.05, 0.1) is 17.9 Å². The number of nitrogens with one attached hydrogen (secondary N) is 1. The molecule has 0 saturated heterocycles. The molecular weight excluding hydrogens is 328 g/mol. The summed E-state index contributed by atoms with van der Waals surface area (Å²) >= 11 is 0. The first-order valence-corrected chi connectivity index (χ1v) is 8.24. The predicted molar refractivity (Wildman–Crippen MR) is 99.7 cm³/mol. The number of rotatable bonds is 6. The van der Waals surface area contributed by atoms with Gasteiger partial charge in [0.1, 0.15) is 11.6 Å². The molecule has 1 N–H and O–H groups in total. The number of nitrogens with zero attached hydrogens (tertiary/aromatic N) is 1. The Morgan fingerprint density at radius 1 is 1.23 bits per heavy atom. The topological polar surface area (TPSA) is 83.0 Å². The zero-order chi connectivity index (χ0) is 19.1. The number of Topliss-reactive ketones (excluding diaryl/α,β-unsaturated/α-hetero) is 1. The highest BCUT2D eigenvalue weighted by atomic mass is 16.5. The van der Waals surface area contributed by atoms with Crippen molar-refractivity contribution in [1.82, 2.24) is 4.98 Å². The molecule has 1 aromatic heterocycles. The summed E-state index contributed by atoms with van der Waals surface area (Å²) < 4.78 is 5.02. The summed E-state index contributed by atoms with van der Waals surface area (Å²) in [7, 11) is 0. The maximum absolute atomic E-state index is 12.7. The number of allylic oxidation sites excluding steroid dienone is 3. The summed E-state index contributed by atoms with van der Waals surface area (Å²) in [6.45, 7) is 5.33. The molecule has 1 aromatic carbocycles. The molecule has 26 heavy (non-hydrogen) atoms. The Bertz CT molecular complexity index is 913. The average molecular weight is 348 g/mol. The second-order valence-electron chi connectivity index (χ2n) is 5.64. The number of ether oxygens (including phenoxy) is 1. The SMILES string of the molecule is CCOC(=O)c1c(C)[nH]c(C(=O)C(C#N)=CC=Cc2ccccc2)c1C. The maximum atomic E-state index is 12.7. The highest BCUT2D eigenvalue weighted by molar-refractivity contribution is 6.12. The van der Waals surface area contributed by atoms with E-state index < -0.39 is 11.8 Å². The maximum Gasteiger partial charge on any atom is 0.340 e. The van der Waals surface area contributed by atoms with E-state index in [4.69, 9.17) is 4.74 Å². The number of nitriles is 1. The van der Waals surface area contributed by atoms with Gasteiger partial charge in [-0.1, -0.05) is 42.5 Å². The van der Waals surface area contributed by atoms with Gasteiger partial charge in [0.15, 0.2) is 0 Å². The van der Waals surface area contributed by atoms with Crippen LogP contribution in [0.25, 0.3) is 6.08 Å². The molecule has 5 nitrogen and oxygen atoms in total. The molecule has 0 radical (unpaired) electrons. The fourth-order valence-electron chi connectivity index (χ4n) is 2.60. The zero-order valence-corrected chi connectivity index (χ0v) is 15.0. The van der Waals surface area contributed by atoms with Gasteiger partial charge in [-0.2, -0.15) is 5.26 Å². The van der Waals surface area contributed by atoms with Gasteiger partial charge in [-0.3, -0.25) is 4.79 Å². The van der Waals surface area contributed by atoms with Crippen LogP contribution in [0.3, 0.4) is 0 Å². The lowest BCUT2D eigenvalue weighted by atomic mass is 10.0. The lowest BCUT2D eigenvalue weighted by Gasteiger charge is -2.02. The largest absolute Gasteiger partial charge is 0.462 e. The lowest BCUT2D eigenvalue weighted by molar-refractivity contribution is 0.0525. The molecule has 5 heteroatoms. The molecule has 2 aromatic rings. The van der Waals surface area contributed by atoms with E-state index in [1.165, 1.54) is 6.08 Å². The first-order valence-electron chi connectivity index (χ1n) is 8.24. The van der Waals surface area contributed by atoms with Gasteiger partial charge in [-0.05, 0) is 38.0 Å². The van der Waals surface area contributed by atoms with Crippen LogP contribution in [0.4, 0.5) is 0 Å². The third-order valence-electron chi connectivity index (χ3n) is 3.86. The number of aromatic amines is 1. The van der Waals surface area contributed by atoms with Gasteiger partial charge in [0, 0.05) is 5.69 Å². The molecule has 1 heterocycles. The van der Waals surface area contributed by atoms with E-state index in [0.29, 0.717) is 16.8 Å². The summed E-state index contributed by atoms with van der Waals surface area (Å²) in [6, 6.07) is 11.5. The second-order valence-corrected chi connectivity index (χ2v) is 5.64. The van der Waals surface area contributed by atoms with E-state index in [2.05, 4.69) is 4.98 Å². The van der Waals surface area contributed by atoms with Crippen LogP contribution in [0.1, 0.15) is 44.6 Å². The van der Waals surface area contributed by atoms with Crippen molar-refractivity contribution in [2.75, 3.05) is 6.61 Å². The standard InChI is InChI=1S/C21H20N2O3/c1-4-26-21(25)18-14(2)19(23-15(18)3)20(24)17(13-22)12-8-11-16-9-6-5-7-10-16/h5-12,23H,4H2,1-3H3. The minimum absolute atomic E-state index is 0.0167. The Balaban J connectivity index is 2.30. The quantitative estimate of drug-likeness (QED) is 0.279. The van der Waals surface area contributed by atoms with E-state index in [1.54, 1.807) is 26.8 Å². The van der Waals surface area contributed by atoms with Crippen molar-refractivity contribution < 1.29 is 14.3 Å². The normalized spacial score (nSPS) is 11.4. The number of hydrogen-bond donors (Lipinski definition) is 1. The number of esters is 1. The molecule has 0 atom stereocenters. The number of aromatic nitrogens is 1. The van der Waals surface area contributed by atoms with Crippen LogP contribution in [0.15, 0.2) is 48.1 Å². The van der Waals surface area contributed by atoms with Crippen molar-refractivity contribution in [2.45, 2.75) is 20.8 Å². The molecule has 0 amide bonds. The van der Waals surface area contributed by atoms with Gasteiger partial charge in [-0.25, -0.2) is 4.79 Å². The van der Waals surface area contributed by atoms with Crippen molar-refractivity contribution in [1.29, 1.82) is 5.26 Å². The van der Waals surface area contributed by atoms with Crippen LogP contribution >= 0.6 is 0 Å². The van der Waals surface area contributed by atoms with Gasteiger partial charge in [0.2, 0.25) is 5.78 Å². The van der Waals surface area contributed by atoms with Crippen molar-refractivity contribution in [3.8, 4) is 6.07 Å². The van der Waals surface area contributed by atoms with Crippen molar-refractivity contribution in [2.24, 2.45) is 0 Å². The Morgan fingerprint density at radius 2 is 1.92 bits per heavy atom. The monoisotopic (exact) mass is 348 g/mol. The summed E-state index contributed by atoms with van der Waals surface area (Å²) in [5.41, 5.74) is 2.54. The fourth-order valence-corrected chi connectivity index (χ4v) is 2.60. The first kappa shape index (κ1) is 18.9. The van der Waals surface area contributed by atoms with Crippen LogP contribution in [0, 0.1) is 25.2 Å². The van der Waals surface area contributed by atoms with Crippen LogP contribution < -0.4 is 0 Å². The Morgan fingerprint density at radius 3 is 2.54 bits per heavy atom. The minimum atomic E-state index is -0.482. The third-order valence-corrected chi connectivity index (χ3v) is 3.86. The van der Waals surface area contributed by atoms with Crippen molar-refractivity contribution >= 4 is 17.8 Å². The Labute approximate surface area is 152 Å². The molecule has 0 bridgehead atoms. The number of hydrogen-bond acceptors (Lipinski definition) is 4. The number of carbonyl (C=O) groups excluding carboxylic acids is 2. The van der Waals surface area contributed by atoms with E-state index in [1.807, 2.05) is 42.5 Å². The summed E-state index contributed by atoms with van der Waals surface area (Å²) in [5.74, 6) is -0.939.